The molecule has 7 nitrogen and oxygen atoms in total. The first-order valence-electron chi connectivity index (χ1n) is 8.34. The van der Waals surface area contributed by atoms with E-state index in [0.29, 0.717) is 17.3 Å². The molecule has 27 heavy (non-hydrogen) atoms. The molecule has 0 radical (unpaired) electrons. The summed E-state index contributed by atoms with van der Waals surface area (Å²) >= 11 is 0. The minimum Gasteiger partial charge on any atom is -0.496 e. The van der Waals surface area contributed by atoms with E-state index in [-0.39, 0.29) is 0 Å². The van der Waals surface area contributed by atoms with E-state index in [2.05, 4.69) is 4.98 Å². The van der Waals surface area contributed by atoms with Gasteiger partial charge in [0.1, 0.15) is 11.5 Å². The van der Waals surface area contributed by atoms with Gasteiger partial charge in [0.05, 0.1) is 37.7 Å². The molecule has 0 saturated carbocycles. The summed E-state index contributed by atoms with van der Waals surface area (Å²) in [6.07, 6.45) is 4.22. The van der Waals surface area contributed by atoms with Crippen LogP contribution in [0.15, 0.2) is 65.7 Å². The lowest BCUT2D eigenvalue weighted by molar-refractivity contribution is 0.199. The molecule has 138 valence electrons. The first-order valence-corrected chi connectivity index (χ1v) is 8.34. The van der Waals surface area contributed by atoms with Gasteiger partial charge < -0.3 is 18.6 Å². The summed E-state index contributed by atoms with van der Waals surface area (Å²) in [5, 5.41) is 0. The van der Waals surface area contributed by atoms with Crippen LogP contribution in [-0.4, -0.2) is 25.6 Å². The number of hydrogen-bond acceptors (Lipinski definition) is 7. The van der Waals surface area contributed by atoms with Crippen molar-refractivity contribution < 1.29 is 18.6 Å². The number of aromatic nitrogens is 1. The van der Waals surface area contributed by atoms with Gasteiger partial charge in [-0.25, -0.2) is 4.98 Å². The highest BCUT2D eigenvalue weighted by atomic mass is 16.5. The largest absolute Gasteiger partial charge is 0.496 e. The summed E-state index contributed by atoms with van der Waals surface area (Å²) in [5.74, 6) is 2.63. The Morgan fingerprint density at radius 3 is 2.59 bits per heavy atom. The van der Waals surface area contributed by atoms with Crippen LogP contribution in [0.4, 0.5) is 5.69 Å². The molecule has 1 atom stereocenters. The van der Waals surface area contributed by atoms with Crippen molar-refractivity contribution in [2.24, 2.45) is 5.73 Å². The van der Waals surface area contributed by atoms with Gasteiger partial charge >= 0.3 is 0 Å². The third kappa shape index (κ3) is 3.09. The molecule has 0 fully saturated rings. The molecule has 0 saturated heterocycles. The van der Waals surface area contributed by atoms with Gasteiger partial charge in [0, 0.05) is 11.8 Å². The monoisotopic (exact) mass is 365 g/mol. The van der Waals surface area contributed by atoms with Crippen molar-refractivity contribution in [3.8, 4) is 22.8 Å². The Bertz CT molecular complexity index is 969. The molecule has 2 N–H and O–H groups in total. The molecule has 0 spiro atoms. The molecule has 2 aromatic carbocycles. The molecule has 1 aliphatic heterocycles. The van der Waals surface area contributed by atoms with Gasteiger partial charge in [-0.15, -0.1) is 0 Å². The zero-order chi connectivity index (χ0) is 18.8. The third-order valence-corrected chi connectivity index (χ3v) is 4.33. The smallest absolute Gasteiger partial charge is 0.231 e. The highest BCUT2D eigenvalue weighted by Gasteiger charge is 2.27. The van der Waals surface area contributed by atoms with Crippen molar-refractivity contribution in [1.82, 2.24) is 4.98 Å². The fraction of sp³-hybridized carbons (Fsp3) is 0.150. The fourth-order valence-corrected chi connectivity index (χ4v) is 3.01. The zero-order valence-electron chi connectivity index (χ0n) is 15.0. The van der Waals surface area contributed by atoms with Gasteiger partial charge in [-0.3, -0.25) is 10.6 Å². The van der Waals surface area contributed by atoms with Crippen molar-refractivity contribution >= 4 is 11.4 Å². The normalized spacial score (nSPS) is 16.0. The van der Waals surface area contributed by atoms with Crippen LogP contribution in [0, 0.1) is 0 Å². The summed E-state index contributed by atoms with van der Waals surface area (Å²) in [5.41, 5.74) is 8.67. The molecule has 0 bridgehead atoms. The van der Waals surface area contributed by atoms with Gasteiger partial charge in [0.15, 0.2) is 17.9 Å². The number of oxazole rings is 1. The number of nitrogens with two attached hydrogens (primary N) is 1. The molecule has 7 heteroatoms. The first-order chi connectivity index (χ1) is 13.2. The van der Waals surface area contributed by atoms with Gasteiger partial charge in [0.25, 0.3) is 0 Å². The fourth-order valence-electron chi connectivity index (χ4n) is 3.01. The van der Waals surface area contributed by atoms with Gasteiger partial charge in [0.2, 0.25) is 6.35 Å². The van der Waals surface area contributed by atoms with E-state index in [0.717, 1.165) is 22.6 Å². The second kappa shape index (κ2) is 7.05. The Balaban J connectivity index is 1.70. The molecule has 0 amide bonds. The Hall–Kier alpha value is -3.45. The van der Waals surface area contributed by atoms with Crippen molar-refractivity contribution in [1.29, 1.82) is 0 Å². The number of benzene rings is 2. The topological polar surface area (TPSA) is 83.0 Å². The molecule has 1 aromatic heterocycles. The third-order valence-electron chi connectivity index (χ3n) is 4.33. The summed E-state index contributed by atoms with van der Waals surface area (Å²) in [7, 11) is 3.23. The molecule has 2 heterocycles. The Kier molecular flexibility index (Phi) is 4.43. The van der Waals surface area contributed by atoms with Crippen LogP contribution >= 0.6 is 0 Å². The number of ether oxygens (including phenoxy) is 3. The van der Waals surface area contributed by atoms with E-state index in [9.17, 15) is 0 Å². The maximum absolute atomic E-state index is 6.20. The standard InChI is InChI=1S/C20H19N3O4/c1-24-16-6-4-3-5-14(16)19-11-23(20(21)27-19)13-7-8-15(17(9-13)25-2)18-10-22-12-26-18/h3-12,20H,21H2,1-2H3. The van der Waals surface area contributed by atoms with E-state index in [1.165, 1.54) is 6.39 Å². The number of rotatable bonds is 5. The van der Waals surface area contributed by atoms with Crippen LogP contribution in [0.5, 0.6) is 11.5 Å². The number of anilines is 1. The zero-order valence-corrected chi connectivity index (χ0v) is 15.0. The number of para-hydroxylation sites is 1. The van der Waals surface area contributed by atoms with Crippen LogP contribution < -0.4 is 20.1 Å². The predicted molar refractivity (Wildman–Crippen MR) is 101 cm³/mol. The van der Waals surface area contributed by atoms with Crippen LogP contribution in [0.3, 0.4) is 0 Å². The van der Waals surface area contributed by atoms with Gasteiger partial charge in [-0.05, 0) is 24.3 Å². The summed E-state index contributed by atoms with van der Waals surface area (Å²) in [6, 6.07) is 13.3. The molecule has 4 rings (SSSR count). The molecular weight excluding hydrogens is 346 g/mol. The maximum Gasteiger partial charge on any atom is 0.231 e. The lowest BCUT2D eigenvalue weighted by Gasteiger charge is -2.21. The minimum atomic E-state index is -0.661. The van der Waals surface area contributed by atoms with E-state index in [1.807, 2.05) is 53.6 Å². The quantitative estimate of drug-likeness (QED) is 0.741. The van der Waals surface area contributed by atoms with Crippen LogP contribution in [-0.2, 0) is 4.74 Å². The molecule has 1 unspecified atom stereocenters. The summed E-state index contributed by atoms with van der Waals surface area (Å²) in [6.45, 7) is 0. The SMILES string of the molecule is COc1ccccc1C1=CN(c2ccc(-c3cnco3)c(OC)c2)C(N)O1. The number of methoxy groups -OCH3 is 2. The highest BCUT2D eigenvalue weighted by molar-refractivity contribution is 5.74. The van der Waals surface area contributed by atoms with E-state index < -0.39 is 6.35 Å². The molecular formula is C20H19N3O4. The summed E-state index contributed by atoms with van der Waals surface area (Å²) < 4.78 is 22.1. The summed E-state index contributed by atoms with van der Waals surface area (Å²) in [4.78, 5) is 5.78. The van der Waals surface area contributed by atoms with Crippen LogP contribution in [0.2, 0.25) is 0 Å². The van der Waals surface area contributed by atoms with E-state index >= 15 is 0 Å². The van der Waals surface area contributed by atoms with Crippen LogP contribution in [0.25, 0.3) is 17.1 Å². The second-order valence-electron chi connectivity index (χ2n) is 5.86. The maximum atomic E-state index is 6.20. The lowest BCUT2D eigenvalue weighted by atomic mass is 10.1. The van der Waals surface area contributed by atoms with Crippen molar-refractivity contribution in [3.63, 3.8) is 0 Å². The van der Waals surface area contributed by atoms with Gasteiger partial charge in [-0.1, -0.05) is 12.1 Å². The average Bonchev–Trinajstić information content (AvgIpc) is 3.37. The highest BCUT2D eigenvalue weighted by Crippen LogP contribution is 2.37. The number of hydrogen-bond donors (Lipinski definition) is 1. The average molecular weight is 365 g/mol. The van der Waals surface area contributed by atoms with Crippen LogP contribution in [0.1, 0.15) is 5.56 Å². The Labute approximate surface area is 156 Å². The van der Waals surface area contributed by atoms with Crippen molar-refractivity contribution in [2.45, 2.75) is 6.35 Å². The predicted octanol–water partition coefficient (Wildman–Crippen LogP) is 3.44. The second-order valence-corrected chi connectivity index (χ2v) is 5.86. The molecule has 3 aromatic rings. The Morgan fingerprint density at radius 2 is 1.85 bits per heavy atom. The van der Waals surface area contributed by atoms with Crippen molar-refractivity contribution in [3.05, 3.63) is 66.8 Å². The number of nitrogens with zero attached hydrogens (tertiary/aromatic N) is 2. The van der Waals surface area contributed by atoms with Crippen molar-refractivity contribution in [2.75, 3.05) is 19.1 Å². The first kappa shape index (κ1) is 17.0. The lowest BCUT2D eigenvalue weighted by Crippen LogP contribution is -2.36. The van der Waals surface area contributed by atoms with E-state index in [4.69, 9.17) is 24.4 Å². The van der Waals surface area contributed by atoms with Gasteiger partial charge in [-0.2, -0.15) is 0 Å². The minimum absolute atomic E-state index is 0.630. The molecule has 1 aliphatic rings. The van der Waals surface area contributed by atoms with E-state index in [1.54, 1.807) is 20.4 Å². The Morgan fingerprint density at radius 1 is 1.04 bits per heavy atom. The molecule has 0 aliphatic carbocycles.